The summed E-state index contributed by atoms with van der Waals surface area (Å²) >= 11 is 7.01. The minimum atomic E-state index is -1.18. The van der Waals surface area contributed by atoms with Gasteiger partial charge in [0.25, 0.3) is 0 Å². The normalized spacial score (nSPS) is 11.7. The summed E-state index contributed by atoms with van der Waals surface area (Å²) in [4.78, 5) is 1.13. The van der Waals surface area contributed by atoms with Crippen LogP contribution in [0.1, 0.15) is 0 Å². The van der Waals surface area contributed by atoms with E-state index in [4.69, 9.17) is 0 Å². The minimum absolute atomic E-state index is 1.13. The lowest BCUT2D eigenvalue weighted by molar-refractivity contribution is 1.64. The summed E-state index contributed by atoms with van der Waals surface area (Å²) in [6.07, 6.45) is 0. The van der Waals surface area contributed by atoms with Gasteiger partial charge in [-0.15, -0.1) is 0 Å². The van der Waals surface area contributed by atoms with Crippen LogP contribution in [0.25, 0.3) is 0 Å². The van der Waals surface area contributed by atoms with E-state index in [-0.39, 0.29) is 0 Å². The fraction of sp³-hybridized carbons (Fsp3) is 0.333. The van der Waals surface area contributed by atoms with E-state index in [1.54, 1.807) is 0 Å². The molecule has 0 unspecified atom stereocenters. The van der Waals surface area contributed by atoms with Gasteiger partial charge in [0, 0.05) is 9.43 Å². The molecule has 0 saturated carbocycles. The van der Waals surface area contributed by atoms with E-state index in [1.165, 1.54) is 5.19 Å². The highest BCUT2D eigenvalue weighted by Gasteiger charge is 2.20. The van der Waals surface area contributed by atoms with E-state index in [1.807, 2.05) is 0 Å². The lowest BCUT2D eigenvalue weighted by Crippen LogP contribution is -2.43. The number of halogens is 2. The fourth-order valence-electron chi connectivity index (χ4n) is 0.978. The summed E-state index contributed by atoms with van der Waals surface area (Å²) in [6.45, 7) is 4.73. The molecule has 0 aromatic heterocycles. The molecule has 0 N–H and O–H groups in total. The minimum Gasteiger partial charge on any atom is -0.0958 e. The van der Waals surface area contributed by atoms with E-state index >= 15 is 0 Å². The van der Waals surface area contributed by atoms with Crippen molar-refractivity contribution in [3.8, 4) is 0 Å². The molecule has 0 aliphatic heterocycles. The van der Waals surface area contributed by atoms with Crippen molar-refractivity contribution in [1.82, 2.24) is 0 Å². The molecule has 0 heterocycles. The molecular formula is C9H12Br2Si. The first kappa shape index (κ1) is 10.5. The van der Waals surface area contributed by atoms with Crippen molar-refractivity contribution in [2.24, 2.45) is 0 Å². The lowest BCUT2D eigenvalue weighted by atomic mass is 10.4. The number of benzene rings is 1. The van der Waals surface area contributed by atoms with E-state index in [0.29, 0.717) is 0 Å². The predicted octanol–water partition coefficient (Wildman–Crippen LogP) is 3.30. The summed E-state index contributed by atoms with van der Waals surface area (Å²) in [5.74, 6) is 0. The summed E-state index contributed by atoms with van der Waals surface area (Å²) in [7, 11) is -1.18. The van der Waals surface area contributed by atoms with Crippen LogP contribution >= 0.6 is 31.9 Å². The Labute approximate surface area is 91.6 Å². The van der Waals surface area contributed by atoms with Crippen molar-refractivity contribution in [2.45, 2.75) is 13.1 Å². The zero-order valence-corrected chi connectivity index (χ0v) is 11.4. The Balaban J connectivity index is 2.96. The Bertz CT molecular complexity index is 254. The molecule has 0 spiro atoms. The van der Waals surface area contributed by atoms with Crippen LogP contribution in [0.4, 0.5) is 0 Å². The zero-order chi connectivity index (χ0) is 9.19. The molecule has 0 atom stereocenters. The number of hydrogen-bond acceptors (Lipinski definition) is 0. The van der Waals surface area contributed by atoms with Crippen LogP contribution in [0.15, 0.2) is 28.7 Å². The molecule has 0 radical (unpaired) electrons. The second-order valence-electron chi connectivity index (χ2n) is 3.52. The second-order valence-corrected chi connectivity index (χ2v) is 10.7. The largest absolute Gasteiger partial charge is 0.0958 e. The van der Waals surface area contributed by atoms with Gasteiger partial charge in [-0.25, -0.2) is 0 Å². The maximum Gasteiger partial charge on any atom is 0.0911 e. The van der Waals surface area contributed by atoms with Gasteiger partial charge in [0.15, 0.2) is 0 Å². The average molecular weight is 308 g/mol. The number of hydrogen-bond donors (Lipinski definition) is 0. The Hall–Kier alpha value is 0.397. The Morgan fingerprint density at radius 3 is 2.08 bits per heavy atom. The second kappa shape index (κ2) is 4.07. The van der Waals surface area contributed by atoms with Gasteiger partial charge in [-0.2, -0.15) is 0 Å². The highest BCUT2D eigenvalue weighted by Crippen LogP contribution is 2.11. The van der Waals surface area contributed by atoms with Gasteiger partial charge < -0.3 is 0 Å². The summed E-state index contributed by atoms with van der Waals surface area (Å²) in [6, 6.07) is 8.68. The molecule has 12 heavy (non-hydrogen) atoms. The van der Waals surface area contributed by atoms with Crippen molar-refractivity contribution in [1.29, 1.82) is 0 Å². The molecule has 1 rings (SSSR count). The third-order valence-corrected chi connectivity index (χ3v) is 9.26. The predicted molar refractivity (Wildman–Crippen MR) is 65.1 cm³/mol. The first-order valence-electron chi connectivity index (χ1n) is 3.88. The summed E-state index contributed by atoms with van der Waals surface area (Å²) in [5.41, 5.74) is 0. The van der Waals surface area contributed by atoms with Crippen LogP contribution < -0.4 is 5.19 Å². The molecule has 1 aromatic rings. The van der Waals surface area contributed by atoms with Gasteiger partial charge in [-0.1, -0.05) is 62.3 Å². The van der Waals surface area contributed by atoms with Gasteiger partial charge >= 0.3 is 0 Å². The molecule has 0 nitrogen and oxygen atoms in total. The van der Waals surface area contributed by atoms with Crippen LogP contribution in [0.5, 0.6) is 0 Å². The topological polar surface area (TPSA) is 0 Å². The van der Waals surface area contributed by atoms with Crippen molar-refractivity contribution < 1.29 is 0 Å². The van der Waals surface area contributed by atoms with E-state index in [2.05, 4.69) is 69.2 Å². The molecule has 1 aromatic carbocycles. The van der Waals surface area contributed by atoms with Gasteiger partial charge in [0.2, 0.25) is 0 Å². The molecular weight excluding hydrogens is 296 g/mol. The third kappa shape index (κ3) is 2.44. The van der Waals surface area contributed by atoms with E-state index in [0.717, 1.165) is 9.43 Å². The molecule has 3 heteroatoms. The van der Waals surface area contributed by atoms with Gasteiger partial charge in [-0.3, -0.25) is 0 Å². The maximum atomic E-state index is 3.58. The molecule has 0 bridgehead atoms. The van der Waals surface area contributed by atoms with Crippen LogP contribution in [-0.2, 0) is 0 Å². The number of rotatable bonds is 2. The van der Waals surface area contributed by atoms with Crippen LogP contribution in [0.2, 0.25) is 13.1 Å². The molecule has 0 saturated heterocycles. The highest BCUT2D eigenvalue weighted by molar-refractivity contribution is 9.10. The van der Waals surface area contributed by atoms with E-state index < -0.39 is 8.07 Å². The highest BCUT2D eigenvalue weighted by atomic mass is 79.9. The Morgan fingerprint density at radius 2 is 1.67 bits per heavy atom. The van der Waals surface area contributed by atoms with Gasteiger partial charge in [-0.05, 0) is 12.1 Å². The van der Waals surface area contributed by atoms with Crippen molar-refractivity contribution in [2.75, 3.05) is 4.95 Å². The zero-order valence-electron chi connectivity index (χ0n) is 7.27. The van der Waals surface area contributed by atoms with Crippen LogP contribution in [0, 0.1) is 0 Å². The number of alkyl halides is 1. The smallest absolute Gasteiger partial charge is 0.0911 e. The maximum absolute atomic E-state index is 3.58. The monoisotopic (exact) mass is 306 g/mol. The first-order valence-corrected chi connectivity index (χ1v) is 9.00. The van der Waals surface area contributed by atoms with E-state index in [9.17, 15) is 0 Å². The van der Waals surface area contributed by atoms with Gasteiger partial charge in [0.05, 0.1) is 8.07 Å². The van der Waals surface area contributed by atoms with Crippen molar-refractivity contribution >= 4 is 45.1 Å². The molecule has 0 aliphatic carbocycles. The first-order chi connectivity index (χ1) is 5.56. The molecule has 0 amide bonds. The summed E-state index contributed by atoms with van der Waals surface area (Å²) < 4.78 is 1.16. The molecule has 0 fully saturated rings. The van der Waals surface area contributed by atoms with Crippen molar-refractivity contribution in [3.05, 3.63) is 28.7 Å². The standard InChI is InChI=1S/C9H12Br2Si/c1-12(2,7-10)9-5-3-8(11)4-6-9/h3-6H,7H2,1-2H3. The van der Waals surface area contributed by atoms with Crippen molar-refractivity contribution in [3.63, 3.8) is 0 Å². The Kier molecular flexibility index (Phi) is 3.55. The van der Waals surface area contributed by atoms with Crippen LogP contribution in [-0.4, -0.2) is 13.0 Å². The SMILES string of the molecule is C[Si](C)(CBr)c1ccc(Br)cc1. The summed E-state index contributed by atoms with van der Waals surface area (Å²) in [5, 5.41) is 1.50. The van der Waals surface area contributed by atoms with Gasteiger partial charge in [0.1, 0.15) is 0 Å². The third-order valence-electron chi connectivity index (χ3n) is 1.96. The average Bonchev–Trinajstić information content (AvgIpc) is 2.05. The van der Waals surface area contributed by atoms with Crippen LogP contribution in [0.3, 0.4) is 0 Å². The lowest BCUT2D eigenvalue weighted by Gasteiger charge is -2.19. The quantitative estimate of drug-likeness (QED) is 0.581. The fourth-order valence-corrected chi connectivity index (χ4v) is 3.44. The molecule has 66 valence electrons. The Morgan fingerprint density at radius 1 is 1.17 bits per heavy atom. The molecule has 0 aliphatic rings.